The van der Waals surface area contributed by atoms with Crippen molar-refractivity contribution >= 4 is 12.4 Å². The van der Waals surface area contributed by atoms with Crippen molar-refractivity contribution in [1.29, 1.82) is 10.9 Å². The summed E-state index contributed by atoms with van der Waals surface area (Å²) in [5.74, 6) is 0. The Balaban J connectivity index is 3.57. The van der Waals surface area contributed by atoms with Gasteiger partial charge in [-0.05, 0) is 13.8 Å². The van der Waals surface area contributed by atoms with Crippen LogP contribution in [0.1, 0.15) is 13.8 Å². The fraction of sp³-hybridized carbons (Fsp3) is 0.714. The van der Waals surface area contributed by atoms with Gasteiger partial charge in [0.15, 0.2) is 0 Å². The van der Waals surface area contributed by atoms with Gasteiger partial charge in [-0.1, -0.05) is 5.22 Å². The number of nitrogens with zero attached hydrogens (tertiary/aromatic N) is 2. The van der Waals surface area contributed by atoms with E-state index in [9.17, 15) is 4.79 Å². The summed E-state index contributed by atoms with van der Waals surface area (Å²) in [6.07, 6.45) is 0.243. The van der Waals surface area contributed by atoms with Crippen molar-refractivity contribution in [3.05, 3.63) is 0 Å². The van der Waals surface area contributed by atoms with Crippen LogP contribution in [0.15, 0.2) is 5.22 Å². The van der Waals surface area contributed by atoms with Crippen LogP contribution in [0, 0.1) is 10.9 Å². The number of carbonyl (C=O) groups excluding carboxylic acids is 1. The standard InChI is InChI=1S/C7H15N5O2/c1-6(2)14-7(13)10-3-4-12(5-8)11-9/h5-6,8-9H,3-4H2,1-2H3,(H,10,13). The van der Waals surface area contributed by atoms with Gasteiger partial charge in [0.05, 0.1) is 12.6 Å². The Bertz CT molecular complexity index is 198. The number of amides is 1. The predicted octanol–water partition coefficient (Wildman–Crippen LogP) is 0.976. The molecule has 0 aliphatic heterocycles. The van der Waals surface area contributed by atoms with Gasteiger partial charge in [-0.25, -0.2) is 9.80 Å². The third-order valence-electron chi connectivity index (χ3n) is 1.23. The summed E-state index contributed by atoms with van der Waals surface area (Å²) in [7, 11) is 0. The second kappa shape index (κ2) is 6.81. The first-order valence-electron chi connectivity index (χ1n) is 4.19. The van der Waals surface area contributed by atoms with Gasteiger partial charge in [0.2, 0.25) is 0 Å². The Hall–Kier alpha value is -1.66. The fourth-order valence-corrected chi connectivity index (χ4v) is 0.672. The molecular formula is C7H15N5O2. The molecule has 0 spiro atoms. The molecule has 0 aliphatic rings. The third-order valence-corrected chi connectivity index (χ3v) is 1.23. The maximum absolute atomic E-state index is 10.9. The molecule has 80 valence electrons. The molecule has 7 heteroatoms. The normalized spacial score (nSPS) is 9.36. The van der Waals surface area contributed by atoms with Crippen LogP contribution in [0.5, 0.6) is 0 Å². The molecule has 0 radical (unpaired) electrons. The zero-order valence-electron chi connectivity index (χ0n) is 8.28. The van der Waals surface area contributed by atoms with Crippen molar-refractivity contribution in [2.75, 3.05) is 13.1 Å². The van der Waals surface area contributed by atoms with E-state index >= 15 is 0 Å². The minimum Gasteiger partial charge on any atom is -0.447 e. The molecule has 0 aromatic rings. The van der Waals surface area contributed by atoms with Gasteiger partial charge >= 0.3 is 6.09 Å². The molecule has 0 heterocycles. The maximum atomic E-state index is 10.9. The second-order valence-corrected chi connectivity index (χ2v) is 2.77. The summed E-state index contributed by atoms with van der Waals surface area (Å²) in [5.41, 5.74) is 6.61. The maximum Gasteiger partial charge on any atom is 0.407 e. The number of hydrogen-bond acceptors (Lipinski definition) is 5. The number of alkyl carbamates (subject to hydrolysis) is 1. The Kier molecular flexibility index (Phi) is 6.01. The minimum atomic E-state index is -0.505. The van der Waals surface area contributed by atoms with Crippen LogP contribution in [-0.4, -0.2) is 36.6 Å². The number of ether oxygens (including phenoxy) is 1. The van der Waals surface area contributed by atoms with E-state index in [1.54, 1.807) is 13.8 Å². The Labute approximate surface area is 82.4 Å². The van der Waals surface area contributed by atoms with Crippen LogP contribution in [0.25, 0.3) is 0 Å². The molecule has 0 aromatic heterocycles. The van der Waals surface area contributed by atoms with Crippen LogP contribution < -0.4 is 5.32 Å². The van der Waals surface area contributed by atoms with Crippen LogP contribution >= 0.6 is 0 Å². The van der Waals surface area contributed by atoms with Gasteiger partial charge in [-0.15, -0.1) is 0 Å². The van der Waals surface area contributed by atoms with Gasteiger partial charge in [-0.2, -0.15) is 5.53 Å². The summed E-state index contributed by atoms with van der Waals surface area (Å²) < 4.78 is 4.80. The van der Waals surface area contributed by atoms with Crippen molar-refractivity contribution in [3.8, 4) is 0 Å². The topological polar surface area (TPSA) is 102 Å². The summed E-state index contributed by atoms with van der Waals surface area (Å²) >= 11 is 0. The third kappa shape index (κ3) is 5.92. The number of carbonyl (C=O) groups is 1. The zero-order valence-corrected chi connectivity index (χ0v) is 8.28. The Morgan fingerprint density at radius 3 is 2.79 bits per heavy atom. The SMILES string of the molecule is CC(C)OC(=O)NCCN(C=N)N=N. The van der Waals surface area contributed by atoms with Crippen molar-refractivity contribution in [2.24, 2.45) is 5.22 Å². The number of rotatable bonds is 6. The summed E-state index contributed by atoms with van der Waals surface area (Å²) in [6.45, 7) is 4.06. The van der Waals surface area contributed by atoms with Gasteiger partial charge in [-0.3, -0.25) is 5.41 Å². The highest BCUT2D eigenvalue weighted by Gasteiger charge is 2.04. The molecule has 0 aromatic carbocycles. The fourth-order valence-electron chi connectivity index (χ4n) is 0.672. The van der Waals surface area contributed by atoms with Gasteiger partial charge in [0.1, 0.15) is 6.34 Å². The predicted molar refractivity (Wildman–Crippen MR) is 50.3 cm³/mol. The zero-order chi connectivity index (χ0) is 11.0. The van der Waals surface area contributed by atoms with Crippen molar-refractivity contribution < 1.29 is 9.53 Å². The average molecular weight is 201 g/mol. The Morgan fingerprint density at radius 2 is 2.36 bits per heavy atom. The molecule has 0 rings (SSSR count). The lowest BCUT2D eigenvalue weighted by atomic mass is 10.5. The van der Waals surface area contributed by atoms with E-state index in [-0.39, 0.29) is 19.2 Å². The first kappa shape index (κ1) is 12.3. The van der Waals surface area contributed by atoms with Gasteiger partial charge < -0.3 is 10.1 Å². The lowest BCUT2D eigenvalue weighted by Crippen LogP contribution is -2.33. The molecule has 0 saturated carbocycles. The van der Waals surface area contributed by atoms with Crippen molar-refractivity contribution in [1.82, 2.24) is 10.3 Å². The van der Waals surface area contributed by atoms with E-state index in [1.165, 1.54) is 0 Å². The van der Waals surface area contributed by atoms with Gasteiger partial charge in [0.25, 0.3) is 0 Å². The van der Waals surface area contributed by atoms with Gasteiger partial charge in [0, 0.05) is 6.54 Å². The van der Waals surface area contributed by atoms with E-state index in [2.05, 4.69) is 10.5 Å². The molecule has 7 nitrogen and oxygen atoms in total. The first-order valence-corrected chi connectivity index (χ1v) is 4.19. The number of nitrogens with one attached hydrogen (secondary N) is 3. The minimum absolute atomic E-state index is 0.158. The highest BCUT2D eigenvalue weighted by Crippen LogP contribution is 1.88. The summed E-state index contributed by atoms with van der Waals surface area (Å²) in [6, 6.07) is 0. The molecule has 0 saturated heterocycles. The Morgan fingerprint density at radius 1 is 1.71 bits per heavy atom. The average Bonchev–Trinajstić information content (AvgIpc) is 2.11. The molecule has 0 fully saturated rings. The molecule has 0 atom stereocenters. The lowest BCUT2D eigenvalue weighted by Gasteiger charge is -2.12. The van der Waals surface area contributed by atoms with E-state index in [0.29, 0.717) is 0 Å². The highest BCUT2D eigenvalue weighted by molar-refractivity contribution is 5.67. The van der Waals surface area contributed by atoms with Crippen LogP contribution in [0.2, 0.25) is 0 Å². The molecule has 0 unspecified atom stereocenters. The monoisotopic (exact) mass is 201 g/mol. The second-order valence-electron chi connectivity index (χ2n) is 2.77. The van der Waals surface area contributed by atoms with E-state index in [0.717, 1.165) is 11.3 Å². The van der Waals surface area contributed by atoms with Crippen molar-refractivity contribution in [2.45, 2.75) is 20.0 Å². The van der Waals surface area contributed by atoms with E-state index in [4.69, 9.17) is 15.7 Å². The van der Waals surface area contributed by atoms with Crippen LogP contribution in [0.3, 0.4) is 0 Å². The molecule has 0 bridgehead atoms. The quantitative estimate of drug-likeness (QED) is 0.258. The first-order chi connectivity index (χ1) is 6.60. The summed E-state index contributed by atoms with van der Waals surface area (Å²) in [5, 5.41) is 13.4. The molecule has 1 amide bonds. The van der Waals surface area contributed by atoms with E-state index < -0.39 is 6.09 Å². The molecule has 14 heavy (non-hydrogen) atoms. The molecular weight excluding hydrogens is 186 g/mol. The largest absolute Gasteiger partial charge is 0.447 e. The summed E-state index contributed by atoms with van der Waals surface area (Å²) in [4.78, 5) is 10.9. The van der Waals surface area contributed by atoms with Crippen molar-refractivity contribution in [3.63, 3.8) is 0 Å². The highest BCUT2D eigenvalue weighted by atomic mass is 16.6. The smallest absolute Gasteiger partial charge is 0.407 e. The van der Waals surface area contributed by atoms with Crippen LogP contribution in [0.4, 0.5) is 4.79 Å². The molecule has 0 aliphatic carbocycles. The van der Waals surface area contributed by atoms with E-state index in [1.807, 2.05) is 0 Å². The lowest BCUT2D eigenvalue weighted by molar-refractivity contribution is 0.115. The van der Waals surface area contributed by atoms with Crippen LogP contribution in [-0.2, 0) is 4.74 Å². The number of hydrogen-bond donors (Lipinski definition) is 3. The molecule has 3 N–H and O–H groups in total.